The summed E-state index contributed by atoms with van der Waals surface area (Å²) in [5.74, 6) is 0.326. The number of carbonyl (C=O) groups is 3. The van der Waals surface area contributed by atoms with E-state index < -0.39 is 5.41 Å². The van der Waals surface area contributed by atoms with Crippen LogP contribution in [0.4, 0.5) is 0 Å². The van der Waals surface area contributed by atoms with E-state index in [1.54, 1.807) is 5.57 Å². The zero-order valence-electron chi connectivity index (χ0n) is 27.3. The van der Waals surface area contributed by atoms with Crippen LogP contribution in [0.2, 0.25) is 0 Å². The molecular formula is C35H54O6. The second kappa shape index (κ2) is 9.58. The molecule has 4 fully saturated rings. The zero-order chi connectivity index (χ0) is 30.4. The molecule has 5 aliphatic carbocycles. The lowest BCUT2D eigenvalue weighted by atomic mass is 9.33. The summed E-state index contributed by atoms with van der Waals surface area (Å²) in [5, 5.41) is 0. The number of ether oxygens (including phenoxy) is 3. The van der Waals surface area contributed by atoms with Gasteiger partial charge in [0.05, 0.1) is 12.5 Å². The maximum atomic E-state index is 13.0. The lowest BCUT2D eigenvalue weighted by Gasteiger charge is -2.72. The molecule has 0 bridgehead atoms. The van der Waals surface area contributed by atoms with Gasteiger partial charge in [0, 0.05) is 31.1 Å². The van der Waals surface area contributed by atoms with Crippen LogP contribution in [0, 0.1) is 50.2 Å². The summed E-state index contributed by atoms with van der Waals surface area (Å²) in [5.41, 5.74) is 0.856. The van der Waals surface area contributed by atoms with Crippen molar-refractivity contribution in [2.45, 2.75) is 132 Å². The summed E-state index contributed by atoms with van der Waals surface area (Å²) in [6.45, 7) is 19.5. The largest absolute Gasteiger partial charge is 0.469 e. The number of hydrogen-bond donors (Lipinski definition) is 0. The van der Waals surface area contributed by atoms with Crippen LogP contribution >= 0.6 is 0 Å². The minimum atomic E-state index is -0.445. The first-order valence-electron chi connectivity index (χ1n) is 16.0. The van der Waals surface area contributed by atoms with E-state index in [0.29, 0.717) is 18.3 Å². The first-order chi connectivity index (χ1) is 18.9. The normalized spacial score (nSPS) is 48.2. The Labute approximate surface area is 247 Å². The molecule has 0 N–H and O–H groups in total. The van der Waals surface area contributed by atoms with E-state index in [1.165, 1.54) is 27.4 Å². The molecular weight excluding hydrogens is 516 g/mol. The molecule has 5 aliphatic rings. The zero-order valence-corrected chi connectivity index (χ0v) is 27.3. The van der Waals surface area contributed by atoms with Gasteiger partial charge in [-0.3, -0.25) is 14.4 Å². The summed E-state index contributed by atoms with van der Waals surface area (Å²) in [6.07, 6.45) is 10.7. The third-order valence-corrected chi connectivity index (χ3v) is 14.2. The average Bonchev–Trinajstić information content (AvgIpc) is 2.87. The Morgan fingerprint density at radius 3 is 2.02 bits per heavy atom. The van der Waals surface area contributed by atoms with Crippen LogP contribution in [-0.2, 0) is 28.6 Å². The van der Waals surface area contributed by atoms with Gasteiger partial charge in [0.1, 0.15) is 12.2 Å². The number of methoxy groups -OCH3 is 1. The van der Waals surface area contributed by atoms with Crippen molar-refractivity contribution in [2.75, 3.05) is 7.11 Å². The highest BCUT2D eigenvalue weighted by Gasteiger charge is 2.71. The molecule has 0 spiro atoms. The van der Waals surface area contributed by atoms with Crippen LogP contribution in [0.25, 0.3) is 0 Å². The highest BCUT2D eigenvalue weighted by molar-refractivity contribution is 5.76. The van der Waals surface area contributed by atoms with Gasteiger partial charge in [-0.15, -0.1) is 0 Å². The standard InChI is InChI=1S/C35H54O6/c1-21(36)40-27-19-28(41-22(2)37)35(9)25(30(27,3)4)13-14-34(8)26(35)12-11-23-24-20-32(6,29(38)39-10)16-15-31(24,5)17-18-33(23,34)7/h11,24-28H,12-20H2,1-10H3/t24-,25-,26-,27-,28-,31+,32+,33+,34+,35-/m0/s1. The predicted octanol–water partition coefficient (Wildman–Crippen LogP) is 7.43. The Balaban J connectivity index is 1.59. The third kappa shape index (κ3) is 4.18. The van der Waals surface area contributed by atoms with Crippen LogP contribution in [0.5, 0.6) is 0 Å². The van der Waals surface area contributed by atoms with Gasteiger partial charge >= 0.3 is 17.9 Å². The molecule has 6 nitrogen and oxygen atoms in total. The Kier molecular flexibility index (Phi) is 7.15. The molecule has 0 aromatic rings. The summed E-state index contributed by atoms with van der Waals surface area (Å²) >= 11 is 0. The number of allylic oxidation sites excluding steroid dienone is 2. The number of rotatable bonds is 3. The molecule has 0 radical (unpaired) electrons. The third-order valence-electron chi connectivity index (χ3n) is 14.2. The maximum Gasteiger partial charge on any atom is 0.311 e. The second-order valence-corrected chi connectivity index (χ2v) is 16.4. The molecule has 0 unspecified atom stereocenters. The lowest BCUT2D eigenvalue weighted by Crippen LogP contribution is -2.68. The van der Waals surface area contributed by atoms with E-state index >= 15 is 0 Å². The summed E-state index contributed by atoms with van der Waals surface area (Å²) in [6, 6.07) is 0. The first kappa shape index (κ1) is 30.6. The Morgan fingerprint density at radius 1 is 0.805 bits per heavy atom. The van der Waals surface area contributed by atoms with Crippen molar-refractivity contribution in [1.82, 2.24) is 0 Å². The molecule has 4 saturated carbocycles. The summed E-state index contributed by atoms with van der Waals surface area (Å²) in [7, 11) is 1.52. The van der Waals surface area contributed by atoms with Crippen LogP contribution in [0.1, 0.15) is 120 Å². The monoisotopic (exact) mass is 570 g/mol. The van der Waals surface area contributed by atoms with Gasteiger partial charge in [-0.25, -0.2) is 0 Å². The van der Waals surface area contributed by atoms with Crippen LogP contribution in [0.3, 0.4) is 0 Å². The molecule has 6 heteroatoms. The van der Waals surface area contributed by atoms with E-state index in [1.807, 2.05) is 0 Å². The maximum absolute atomic E-state index is 13.0. The molecule has 0 aromatic heterocycles. The fourth-order valence-corrected chi connectivity index (χ4v) is 11.5. The van der Waals surface area contributed by atoms with Gasteiger partial charge in [-0.1, -0.05) is 53.2 Å². The van der Waals surface area contributed by atoms with Crippen molar-refractivity contribution >= 4 is 17.9 Å². The predicted molar refractivity (Wildman–Crippen MR) is 158 cm³/mol. The quantitative estimate of drug-likeness (QED) is 0.199. The summed E-state index contributed by atoms with van der Waals surface area (Å²) in [4.78, 5) is 37.6. The van der Waals surface area contributed by atoms with E-state index in [4.69, 9.17) is 14.2 Å². The van der Waals surface area contributed by atoms with Crippen LogP contribution in [-0.4, -0.2) is 37.2 Å². The highest BCUT2D eigenvalue weighted by atomic mass is 16.6. The van der Waals surface area contributed by atoms with Crippen molar-refractivity contribution in [3.8, 4) is 0 Å². The minimum Gasteiger partial charge on any atom is -0.469 e. The van der Waals surface area contributed by atoms with Gasteiger partial charge in [0.25, 0.3) is 0 Å². The van der Waals surface area contributed by atoms with Gasteiger partial charge in [-0.05, 0) is 92.3 Å². The Morgan fingerprint density at radius 2 is 1.41 bits per heavy atom. The van der Waals surface area contributed by atoms with E-state index in [-0.39, 0.29) is 63.1 Å². The fourth-order valence-electron chi connectivity index (χ4n) is 11.5. The highest BCUT2D eigenvalue weighted by Crippen LogP contribution is 2.76. The molecule has 10 atom stereocenters. The average molecular weight is 571 g/mol. The fraction of sp³-hybridized carbons (Fsp3) is 0.857. The van der Waals surface area contributed by atoms with E-state index in [9.17, 15) is 14.4 Å². The first-order valence-corrected chi connectivity index (χ1v) is 16.0. The van der Waals surface area contributed by atoms with Crippen molar-refractivity contribution in [3.63, 3.8) is 0 Å². The van der Waals surface area contributed by atoms with Crippen molar-refractivity contribution in [2.24, 2.45) is 50.2 Å². The SMILES string of the molecule is COC(=O)[C@]1(C)CC[C@]2(C)CC[C@]3(C)C(=CC[C@@H]4[C@@]5(C)[C@@H](OC(C)=O)C[C@H](OC(C)=O)C(C)(C)[C@@H]5CC[C@]43C)[C@@H]2C1. The second-order valence-electron chi connectivity index (χ2n) is 16.4. The van der Waals surface area contributed by atoms with Gasteiger partial charge in [0.15, 0.2) is 0 Å². The molecule has 0 aliphatic heterocycles. The molecule has 0 heterocycles. The molecule has 5 rings (SSSR count). The number of hydrogen-bond acceptors (Lipinski definition) is 6. The van der Waals surface area contributed by atoms with Crippen LogP contribution < -0.4 is 0 Å². The van der Waals surface area contributed by atoms with E-state index in [2.05, 4.69) is 54.5 Å². The van der Waals surface area contributed by atoms with Crippen molar-refractivity contribution in [3.05, 3.63) is 11.6 Å². The number of esters is 3. The van der Waals surface area contributed by atoms with Gasteiger partial charge in [-0.2, -0.15) is 0 Å². The molecule has 0 amide bonds. The molecule has 0 aromatic carbocycles. The van der Waals surface area contributed by atoms with Gasteiger partial charge < -0.3 is 14.2 Å². The Hall–Kier alpha value is -1.85. The lowest BCUT2D eigenvalue weighted by molar-refractivity contribution is -0.253. The summed E-state index contributed by atoms with van der Waals surface area (Å²) < 4.78 is 17.4. The Bertz CT molecular complexity index is 1160. The van der Waals surface area contributed by atoms with Crippen molar-refractivity contribution in [1.29, 1.82) is 0 Å². The number of carbonyl (C=O) groups excluding carboxylic acids is 3. The number of fused-ring (bicyclic) bond motifs is 7. The molecule has 230 valence electrons. The topological polar surface area (TPSA) is 78.9 Å². The van der Waals surface area contributed by atoms with Crippen LogP contribution in [0.15, 0.2) is 11.6 Å². The molecule has 0 saturated heterocycles. The van der Waals surface area contributed by atoms with Crippen molar-refractivity contribution < 1.29 is 28.6 Å². The minimum absolute atomic E-state index is 0.0000915. The molecule has 41 heavy (non-hydrogen) atoms. The van der Waals surface area contributed by atoms with E-state index in [0.717, 1.165) is 44.9 Å². The smallest absolute Gasteiger partial charge is 0.311 e. The van der Waals surface area contributed by atoms with Gasteiger partial charge in [0.2, 0.25) is 0 Å².